The summed E-state index contributed by atoms with van der Waals surface area (Å²) in [6, 6.07) is 8.54. The van der Waals surface area contributed by atoms with E-state index in [0.29, 0.717) is 5.82 Å². The summed E-state index contributed by atoms with van der Waals surface area (Å²) in [5, 5.41) is 1.91. The molecule has 2 aromatic rings. The normalized spacial score (nSPS) is 12.1. The SMILES string of the molecule is CN(C(=O)C(N)c1cccs1)c1ccccn1. The molecule has 2 rings (SSSR count). The molecule has 0 aromatic carbocycles. The van der Waals surface area contributed by atoms with Gasteiger partial charge in [0.15, 0.2) is 0 Å². The summed E-state index contributed by atoms with van der Waals surface area (Å²) in [4.78, 5) is 18.6. The Hall–Kier alpha value is -1.72. The second-order valence-electron chi connectivity index (χ2n) is 3.58. The second-order valence-corrected chi connectivity index (χ2v) is 4.56. The maximum absolute atomic E-state index is 12.1. The van der Waals surface area contributed by atoms with Crippen molar-refractivity contribution in [1.82, 2.24) is 4.98 Å². The fourth-order valence-corrected chi connectivity index (χ4v) is 2.18. The van der Waals surface area contributed by atoms with Crippen molar-refractivity contribution >= 4 is 23.1 Å². The Labute approximate surface area is 104 Å². The Morgan fingerprint density at radius 3 is 2.82 bits per heavy atom. The smallest absolute Gasteiger partial charge is 0.250 e. The average molecular weight is 247 g/mol. The van der Waals surface area contributed by atoms with Crippen LogP contribution < -0.4 is 10.6 Å². The average Bonchev–Trinajstić information content (AvgIpc) is 2.91. The predicted molar refractivity (Wildman–Crippen MR) is 68.9 cm³/mol. The van der Waals surface area contributed by atoms with E-state index in [1.807, 2.05) is 23.6 Å². The van der Waals surface area contributed by atoms with Gasteiger partial charge in [-0.05, 0) is 23.6 Å². The number of pyridine rings is 1. The monoisotopic (exact) mass is 247 g/mol. The molecule has 0 bridgehead atoms. The van der Waals surface area contributed by atoms with Crippen LogP contribution in [-0.2, 0) is 4.79 Å². The Kier molecular flexibility index (Phi) is 3.51. The van der Waals surface area contributed by atoms with E-state index in [1.165, 1.54) is 16.2 Å². The molecule has 88 valence electrons. The standard InChI is InChI=1S/C12H13N3OS/c1-15(10-6-2-3-7-14-10)12(16)11(13)9-5-4-8-17-9/h2-8,11H,13H2,1H3. The lowest BCUT2D eigenvalue weighted by molar-refractivity contribution is -0.119. The quantitative estimate of drug-likeness (QED) is 0.899. The highest BCUT2D eigenvalue weighted by Gasteiger charge is 2.21. The summed E-state index contributed by atoms with van der Waals surface area (Å²) in [5.74, 6) is 0.440. The zero-order chi connectivity index (χ0) is 12.3. The van der Waals surface area contributed by atoms with Crippen molar-refractivity contribution in [2.24, 2.45) is 5.73 Å². The number of carbonyl (C=O) groups is 1. The Morgan fingerprint density at radius 1 is 1.41 bits per heavy atom. The van der Waals surface area contributed by atoms with Gasteiger partial charge in [0.05, 0.1) is 0 Å². The van der Waals surface area contributed by atoms with E-state index in [1.54, 1.807) is 25.4 Å². The number of likely N-dealkylation sites (N-methyl/N-ethyl adjacent to an activating group) is 1. The summed E-state index contributed by atoms with van der Waals surface area (Å²) in [6.45, 7) is 0. The molecule has 0 spiro atoms. The van der Waals surface area contributed by atoms with Crippen LogP contribution in [0.3, 0.4) is 0 Å². The molecule has 2 heterocycles. The Morgan fingerprint density at radius 2 is 2.24 bits per heavy atom. The van der Waals surface area contributed by atoms with Crippen molar-refractivity contribution in [2.45, 2.75) is 6.04 Å². The van der Waals surface area contributed by atoms with Gasteiger partial charge in [-0.25, -0.2) is 4.98 Å². The second kappa shape index (κ2) is 5.07. The number of aromatic nitrogens is 1. The molecule has 0 aliphatic heterocycles. The van der Waals surface area contributed by atoms with E-state index in [2.05, 4.69) is 4.98 Å². The third kappa shape index (κ3) is 2.51. The molecule has 1 atom stereocenters. The molecule has 5 heteroatoms. The number of carbonyl (C=O) groups excluding carboxylic acids is 1. The molecule has 0 saturated heterocycles. The fourth-order valence-electron chi connectivity index (χ4n) is 1.46. The van der Waals surface area contributed by atoms with Crippen molar-refractivity contribution in [2.75, 3.05) is 11.9 Å². The number of hydrogen-bond donors (Lipinski definition) is 1. The van der Waals surface area contributed by atoms with Crippen LogP contribution in [0.25, 0.3) is 0 Å². The minimum absolute atomic E-state index is 0.161. The number of rotatable bonds is 3. The van der Waals surface area contributed by atoms with Crippen molar-refractivity contribution in [3.8, 4) is 0 Å². The van der Waals surface area contributed by atoms with Gasteiger partial charge in [0, 0.05) is 18.1 Å². The molecule has 1 unspecified atom stereocenters. The van der Waals surface area contributed by atoms with E-state index in [9.17, 15) is 4.79 Å². The van der Waals surface area contributed by atoms with Gasteiger partial charge in [-0.2, -0.15) is 0 Å². The summed E-state index contributed by atoms with van der Waals surface area (Å²) >= 11 is 1.48. The van der Waals surface area contributed by atoms with Gasteiger partial charge in [-0.15, -0.1) is 11.3 Å². The lowest BCUT2D eigenvalue weighted by atomic mass is 10.2. The molecule has 0 aliphatic rings. The van der Waals surface area contributed by atoms with Crippen LogP contribution >= 0.6 is 11.3 Å². The van der Waals surface area contributed by atoms with Crippen LogP contribution in [0, 0.1) is 0 Å². The molecule has 17 heavy (non-hydrogen) atoms. The van der Waals surface area contributed by atoms with E-state index in [-0.39, 0.29) is 5.91 Å². The minimum Gasteiger partial charge on any atom is -0.316 e. The van der Waals surface area contributed by atoms with Gasteiger partial charge in [-0.3, -0.25) is 9.69 Å². The summed E-state index contributed by atoms with van der Waals surface area (Å²) in [5.41, 5.74) is 5.91. The number of nitrogens with two attached hydrogens (primary N) is 1. The van der Waals surface area contributed by atoms with E-state index in [0.717, 1.165) is 4.88 Å². The summed E-state index contributed by atoms with van der Waals surface area (Å²) in [7, 11) is 1.68. The molecule has 0 fully saturated rings. The van der Waals surface area contributed by atoms with E-state index < -0.39 is 6.04 Å². The van der Waals surface area contributed by atoms with Gasteiger partial charge in [-0.1, -0.05) is 12.1 Å². The Balaban J connectivity index is 2.16. The third-order valence-corrected chi connectivity index (χ3v) is 3.39. The van der Waals surface area contributed by atoms with Crippen molar-refractivity contribution in [1.29, 1.82) is 0 Å². The van der Waals surface area contributed by atoms with Crippen molar-refractivity contribution in [3.63, 3.8) is 0 Å². The van der Waals surface area contributed by atoms with Gasteiger partial charge in [0.25, 0.3) is 0 Å². The summed E-state index contributed by atoms with van der Waals surface area (Å²) < 4.78 is 0. The van der Waals surface area contributed by atoms with Crippen LogP contribution in [0.5, 0.6) is 0 Å². The number of anilines is 1. The highest BCUT2D eigenvalue weighted by Crippen LogP contribution is 2.20. The molecule has 2 aromatic heterocycles. The minimum atomic E-state index is -0.623. The van der Waals surface area contributed by atoms with Crippen molar-refractivity contribution < 1.29 is 4.79 Å². The van der Waals surface area contributed by atoms with E-state index >= 15 is 0 Å². The molecule has 1 amide bonds. The van der Waals surface area contributed by atoms with Gasteiger partial charge in [0.1, 0.15) is 11.9 Å². The van der Waals surface area contributed by atoms with Gasteiger partial charge < -0.3 is 5.73 Å². The molecule has 4 nitrogen and oxygen atoms in total. The predicted octanol–water partition coefficient (Wildman–Crippen LogP) is 1.81. The first-order valence-electron chi connectivity index (χ1n) is 5.17. The molecular formula is C12H13N3OS. The number of thiophene rings is 1. The van der Waals surface area contributed by atoms with Crippen LogP contribution in [0.1, 0.15) is 10.9 Å². The molecule has 0 saturated carbocycles. The topological polar surface area (TPSA) is 59.2 Å². The highest BCUT2D eigenvalue weighted by atomic mass is 32.1. The highest BCUT2D eigenvalue weighted by molar-refractivity contribution is 7.10. The number of amides is 1. The van der Waals surface area contributed by atoms with Crippen LogP contribution in [0.15, 0.2) is 41.9 Å². The molecule has 2 N–H and O–H groups in total. The molecule has 0 radical (unpaired) electrons. The maximum Gasteiger partial charge on any atom is 0.250 e. The van der Waals surface area contributed by atoms with E-state index in [4.69, 9.17) is 5.73 Å². The Bertz CT molecular complexity index is 484. The first-order chi connectivity index (χ1) is 8.20. The molecular weight excluding hydrogens is 234 g/mol. The van der Waals surface area contributed by atoms with Crippen LogP contribution in [0.2, 0.25) is 0 Å². The maximum atomic E-state index is 12.1. The summed E-state index contributed by atoms with van der Waals surface area (Å²) in [6.07, 6.45) is 1.65. The first kappa shape index (κ1) is 11.8. The van der Waals surface area contributed by atoms with Crippen molar-refractivity contribution in [3.05, 3.63) is 46.8 Å². The lowest BCUT2D eigenvalue weighted by Crippen LogP contribution is -2.35. The largest absolute Gasteiger partial charge is 0.316 e. The zero-order valence-electron chi connectivity index (χ0n) is 9.41. The molecule has 0 aliphatic carbocycles. The van der Waals surface area contributed by atoms with Crippen LogP contribution in [0.4, 0.5) is 5.82 Å². The number of nitrogens with zero attached hydrogens (tertiary/aromatic N) is 2. The van der Waals surface area contributed by atoms with Gasteiger partial charge >= 0.3 is 0 Å². The van der Waals surface area contributed by atoms with Crippen LogP contribution in [-0.4, -0.2) is 17.9 Å². The lowest BCUT2D eigenvalue weighted by Gasteiger charge is -2.19. The first-order valence-corrected chi connectivity index (χ1v) is 6.05. The number of hydrogen-bond acceptors (Lipinski definition) is 4. The fraction of sp³-hybridized carbons (Fsp3) is 0.167. The zero-order valence-corrected chi connectivity index (χ0v) is 10.2. The third-order valence-electron chi connectivity index (χ3n) is 2.44. The van der Waals surface area contributed by atoms with Gasteiger partial charge in [0.2, 0.25) is 5.91 Å².